The third-order valence-electron chi connectivity index (χ3n) is 5.26. The number of amides is 1. The van der Waals surface area contributed by atoms with Crippen LogP contribution in [0.2, 0.25) is 0 Å². The highest BCUT2D eigenvalue weighted by Gasteiger charge is 2.14. The molecule has 0 aromatic heterocycles. The van der Waals surface area contributed by atoms with Crippen LogP contribution in [0.25, 0.3) is 11.1 Å². The van der Waals surface area contributed by atoms with E-state index in [-0.39, 0.29) is 5.91 Å². The molecule has 3 aromatic rings. The molecule has 0 fully saturated rings. The lowest BCUT2D eigenvalue weighted by Gasteiger charge is -2.17. The van der Waals surface area contributed by atoms with Gasteiger partial charge in [-0.1, -0.05) is 68.8 Å². The van der Waals surface area contributed by atoms with Crippen molar-refractivity contribution in [3.63, 3.8) is 0 Å². The SMILES string of the molecule is CCc1ccc(-c2ccc(C(C)C)cc2NC(=O)c2ccc(C)cc2)c(C)c1. The second-order valence-electron chi connectivity index (χ2n) is 7.78. The summed E-state index contributed by atoms with van der Waals surface area (Å²) in [4.78, 5) is 12.9. The number of carbonyl (C=O) groups excluding carboxylic acids is 1. The Bertz CT molecular complexity index is 984. The highest BCUT2D eigenvalue weighted by Crippen LogP contribution is 2.34. The van der Waals surface area contributed by atoms with Gasteiger partial charge in [-0.25, -0.2) is 0 Å². The van der Waals surface area contributed by atoms with Gasteiger partial charge in [-0.05, 0) is 66.6 Å². The Morgan fingerprint density at radius 2 is 1.57 bits per heavy atom. The smallest absolute Gasteiger partial charge is 0.255 e. The Morgan fingerprint density at radius 3 is 2.18 bits per heavy atom. The van der Waals surface area contributed by atoms with Crippen LogP contribution in [0.1, 0.15) is 59.3 Å². The molecule has 144 valence electrons. The molecule has 3 rings (SSSR count). The largest absolute Gasteiger partial charge is 0.321 e. The van der Waals surface area contributed by atoms with Crippen LogP contribution in [-0.4, -0.2) is 5.91 Å². The molecule has 1 amide bonds. The molecule has 0 aliphatic heterocycles. The van der Waals surface area contributed by atoms with E-state index in [0.717, 1.165) is 28.8 Å². The molecule has 3 aromatic carbocycles. The monoisotopic (exact) mass is 371 g/mol. The maximum atomic E-state index is 12.9. The van der Waals surface area contributed by atoms with Crippen molar-refractivity contribution < 1.29 is 4.79 Å². The number of hydrogen-bond acceptors (Lipinski definition) is 1. The fourth-order valence-corrected chi connectivity index (χ4v) is 3.41. The number of hydrogen-bond donors (Lipinski definition) is 1. The second-order valence-corrected chi connectivity index (χ2v) is 7.78. The molecule has 0 bridgehead atoms. The van der Waals surface area contributed by atoms with Crippen molar-refractivity contribution in [2.45, 2.75) is 47.0 Å². The number of carbonyl (C=O) groups is 1. The normalized spacial score (nSPS) is 10.9. The predicted octanol–water partition coefficient (Wildman–Crippen LogP) is 6.91. The maximum absolute atomic E-state index is 12.9. The molecule has 2 nitrogen and oxygen atoms in total. The molecule has 0 atom stereocenters. The standard InChI is InChI=1S/C26H29NO/c1-6-20-9-13-23(19(5)15-20)24-14-12-22(17(2)3)16-25(24)27-26(28)21-10-7-18(4)8-11-21/h7-17H,6H2,1-5H3,(H,27,28). The third-order valence-corrected chi connectivity index (χ3v) is 5.26. The first-order valence-electron chi connectivity index (χ1n) is 10.0. The third kappa shape index (κ3) is 4.33. The molecule has 0 aliphatic carbocycles. The average Bonchev–Trinajstić information content (AvgIpc) is 2.68. The minimum atomic E-state index is -0.0787. The molecule has 0 spiro atoms. The lowest BCUT2D eigenvalue weighted by Crippen LogP contribution is -2.13. The van der Waals surface area contributed by atoms with Crippen molar-refractivity contribution in [2.24, 2.45) is 0 Å². The minimum Gasteiger partial charge on any atom is -0.321 e. The van der Waals surface area contributed by atoms with E-state index in [1.807, 2.05) is 31.2 Å². The molecular weight excluding hydrogens is 342 g/mol. The number of nitrogens with one attached hydrogen (secondary N) is 1. The van der Waals surface area contributed by atoms with Gasteiger partial charge in [0.25, 0.3) is 5.91 Å². The highest BCUT2D eigenvalue weighted by molar-refractivity contribution is 6.06. The van der Waals surface area contributed by atoms with Gasteiger partial charge in [0, 0.05) is 16.8 Å². The summed E-state index contributed by atoms with van der Waals surface area (Å²) in [5, 5.41) is 3.16. The Balaban J connectivity index is 2.03. The summed E-state index contributed by atoms with van der Waals surface area (Å²) in [7, 11) is 0. The second kappa shape index (κ2) is 8.43. The summed E-state index contributed by atoms with van der Waals surface area (Å²) < 4.78 is 0. The van der Waals surface area contributed by atoms with Crippen LogP contribution in [0.5, 0.6) is 0 Å². The van der Waals surface area contributed by atoms with E-state index < -0.39 is 0 Å². The Labute approximate surface area is 168 Å². The van der Waals surface area contributed by atoms with Crippen molar-refractivity contribution in [3.05, 3.63) is 88.5 Å². The van der Waals surface area contributed by atoms with Crippen LogP contribution in [0, 0.1) is 13.8 Å². The molecule has 0 saturated heterocycles. The zero-order chi connectivity index (χ0) is 20.3. The van der Waals surface area contributed by atoms with E-state index in [9.17, 15) is 4.79 Å². The number of anilines is 1. The van der Waals surface area contributed by atoms with Crippen LogP contribution < -0.4 is 5.32 Å². The minimum absolute atomic E-state index is 0.0787. The molecule has 0 unspecified atom stereocenters. The van der Waals surface area contributed by atoms with E-state index in [1.54, 1.807) is 0 Å². The number of aryl methyl sites for hydroxylation is 3. The Hall–Kier alpha value is -2.87. The summed E-state index contributed by atoms with van der Waals surface area (Å²) in [6.45, 7) is 10.7. The summed E-state index contributed by atoms with van der Waals surface area (Å²) in [5.74, 6) is 0.317. The first-order valence-corrected chi connectivity index (χ1v) is 10.0. The van der Waals surface area contributed by atoms with Crippen molar-refractivity contribution in [3.8, 4) is 11.1 Å². The van der Waals surface area contributed by atoms with E-state index in [0.29, 0.717) is 11.5 Å². The van der Waals surface area contributed by atoms with Crippen LogP contribution in [0.3, 0.4) is 0 Å². The Morgan fingerprint density at radius 1 is 0.893 bits per heavy atom. The Kier molecular flexibility index (Phi) is 5.99. The van der Waals surface area contributed by atoms with Crippen molar-refractivity contribution in [1.29, 1.82) is 0 Å². The first-order chi connectivity index (χ1) is 13.4. The number of benzene rings is 3. The van der Waals surface area contributed by atoms with Gasteiger partial charge in [0.15, 0.2) is 0 Å². The van der Waals surface area contributed by atoms with E-state index in [4.69, 9.17) is 0 Å². The maximum Gasteiger partial charge on any atom is 0.255 e. The summed E-state index contributed by atoms with van der Waals surface area (Å²) >= 11 is 0. The summed E-state index contributed by atoms with van der Waals surface area (Å²) in [6.07, 6.45) is 1.02. The lowest BCUT2D eigenvalue weighted by atomic mass is 9.93. The zero-order valence-electron chi connectivity index (χ0n) is 17.5. The lowest BCUT2D eigenvalue weighted by molar-refractivity contribution is 0.102. The van der Waals surface area contributed by atoms with Gasteiger partial charge in [-0.2, -0.15) is 0 Å². The molecular formula is C26H29NO. The van der Waals surface area contributed by atoms with Crippen LogP contribution >= 0.6 is 0 Å². The van der Waals surface area contributed by atoms with E-state index in [2.05, 4.69) is 69.4 Å². The summed E-state index contributed by atoms with van der Waals surface area (Å²) in [5.41, 5.74) is 8.66. The summed E-state index contributed by atoms with van der Waals surface area (Å²) in [6, 6.07) is 20.7. The fraction of sp³-hybridized carbons (Fsp3) is 0.269. The van der Waals surface area contributed by atoms with Gasteiger partial charge in [-0.3, -0.25) is 4.79 Å². The van der Waals surface area contributed by atoms with Gasteiger partial charge in [0.05, 0.1) is 0 Å². The fourth-order valence-electron chi connectivity index (χ4n) is 3.41. The van der Waals surface area contributed by atoms with Gasteiger partial charge in [0.1, 0.15) is 0 Å². The predicted molar refractivity (Wildman–Crippen MR) is 119 cm³/mol. The molecule has 1 N–H and O–H groups in total. The molecule has 0 radical (unpaired) electrons. The van der Waals surface area contributed by atoms with Gasteiger partial charge >= 0.3 is 0 Å². The van der Waals surface area contributed by atoms with Gasteiger partial charge in [0.2, 0.25) is 0 Å². The highest BCUT2D eigenvalue weighted by atomic mass is 16.1. The molecule has 2 heteroatoms. The molecule has 0 saturated carbocycles. The van der Waals surface area contributed by atoms with Crippen LogP contribution in [0.4, 0.5) is 5.69 Å². The molecule has 28 heavy (non-hydrogen) atoms. The van der Waals surface area contributed by atoms with Crippen LogP contribution in [-0.2, 0) is 6.42 Å². The van der Waals surface area contributed by atoms with Crippen molar-refractivity contribution in [1.82, 2.24) is 0 Å². The first kappa shape index (κ1) is 19.9. The van der Waals surface area contributed by atoms with Crippen LogP contribution in [0.15, 0.2) is 60.7 Å². The van der Waals surface area contributed by atoms with Gasteiger partial charge < -0.3 is 5.32 Å². The quantitative estimate of drug-likeness (QED) is 0.519. The van der Waals surface area contributed by atoms with Gasteiger partial charge in [-0.15, -0.1) is 0 Å². The number of rotatable bonds is 5. The molecule has 0 aliphatic rings. The molecule has 0 heterocycles. The van der Waals surface area contributed by atoms with Crippen molar-refractivity contribution in [2.75, 3.05) is 5.32 Å². The topological polar surface area (TPSA) is 29.1 Å². The van der Waals surface area contributed by atoms with Crippen molar-refractivity contribution >= 4 is 11.6 Å². The van der Waals surface area contributed by atoms with E-state index in [1.165, 1.54) is 16.7 Å². The zero-order valence-corrected chi connectivity index (χ0v) is 17.5. The average molecular weight is 372 g/mol. The van der Waals surface area contributed by atoms with E-state index >= 15 is 0 Å².